The molecule has 0 aliphatic rings. The van der Waals surface area contributed by atoms with Crippen LogP contribution in [0.3, 0.4) is 0 Å². The molecule has 4 heteroatoms. The highest BCUT2D eigenvalue weighted by Gasteiger charge is 2.18. The number of hydrogen-bond donors (Lipinski definition) is 2. The second-order valence-electron chi connectivity index (χ2n) is 4.82. The summed E-state index contributed by atoms with van der Waals surface area (Å²) in [7, 11) is 0. The largest absolute Gasteiger partial charge is 0.481 e. The lowest BCUT2D eigenvalue weighted by Crippen LogP contribution is -2.06. The summed E-state index contributed by atoms with van der Waals surface area (Å²) in [4.78, 5) is 22.8. The molecule has 0 amide bonds. The number of hydrogen-bond acceptors (Lipinski definition) is 2. The molecule has 104 valence electrons. The van der Waals surface area contributed by atoms with Crippen molar-refractivity contribution in [2.24, 2.45) is 0 Å². The third-order valence-corrected chi connectivity index (χ3v) is 3.58. The standard InChI is InChI=1S/C17H12O4/c18-15(19)9-14-10-5-1-3-7-12(10)16(17(20)21)13-8-4-2-6-11(13)14/h1-8H,9H2,(H,18,19)(H,20,21). The molecule has 3 rings (SSSR count). The third kappa shape index (κ3) is 2.10. The Morgan fingerprint density at radius 2 is 1.19 bits per heavy atom. The van der Waals surface area contributed by atoms with E-state index in [0.29, 0.717) is 27.1 Å². The minimum atomic E-state index is -1.01. The molecule has 2 N–H and O–H groups in total. The molecule has 0 saturated heterocycles. The molecule has 0 atom stereocenters. The molecule has 4 nitrogen and oxygen atoms in total. The molecule has 0 spiro atoms. The molecule has 0 aromatic heterocycles. The average Bonchev–Trinajstić information content (AvgIpc) is 2.46. The van der Waals surface area contributed by atoms with E-state index in [0.717, 1.165) is 0 Å². The maximum atomic E-state index is 11.6. The van der Waals surface area contributed by atoms with Crippen LogP contribution in [0.1, 0.15) is 15.9 Å². The maximum absolute atomic E-state index is 11.6. The monoisotopic (exact) mass is 280 g/mol. The van der Waals surface area contributed by atoms with Crippen LogP contribution in [0.4, 0.5) is 0 Å². The van der Waals surface area contributed by atoms with Crippen molar-refractivity contribution in [2.45, 2.75) is 6.42 Å². The van der Waals surface area contributed by atoms with Crippen molar-refractivity contribution in [1.29, 1.82) is 0 Å². The first-order valence-electron chi connectivity index (χ1n) is 6.47. The number of aliphatic carboxylic acids is 1. The number of carbonyl (C=O) groups is 2. The van der Waals surface area contributed by atoms with Crippen LogP contribution < -0.4 is 0 Å². The summed E-state index contributed by atoms with van der Waals surface area (Å²) in [6.07, 6.45) is -0.138. The average molecular weight is 280 g/mol. The number of benzene rings is 3. The Bertz CT molecular complexity index is 823. The molecule has 0 bridgehead atoms. The van der Waals surface area contributed by atoms with Crippen LogP contribution in [-0.4, -0.2) is 22.2 Å². The van der Waals surface area contributed by atoms with E-state index < -0.39 is 11.9 Å². The SMILES string of the molecule is O=C(O)Cc1c2ccccc2c(C(=O)O)c2ccccc12. The van der Waals surface area contributed by atoms with Crippen molar-refractivity contribution >= 4 is 33.5 Å². The number of rotatable bonds is 3. The van der Waals surface area contributed by atoms with Gasteiger partial charge in [-0.15, -0.1) is 0 Å². The Hall–Kier alpha value is -2.88. The van der Waals surface area contributed by atoms with E-state index in [9.17, 15) is 14.7 Å². The predicted octanol–water partition coefficient (Wildman–Crippen LogP) is 3.32. The minimum Gasteiger partial charge on any atom is -0.481 e. The summed E-state index contributed by atoms with van der Waals surface area (Å²) in [5.41, 5.74) is 0.869. The fourth-order valence-electron chi connectivity index (χ4n) is 2.79. The van der Waals surface area contributed by atoms with E-state index in [1.807, 2.05) is 0 Å². The van der Waals surface area contributed by atoms with Crippen molar-refractivity contribution in [3.8, 4) is 0 Å². The van der Waals surface area contributed by atoms with Crippen LogP contribution >= 0.6 is 0 Å². The lowest BCUT2D eigenvalue weighted by atomic mass is 9.90. The summed E-state index contributed by atoms with van der Waals surface area (Å²) < 4.78 is 0. The molecular formula is C17H12O4. The molecule has 0 aliphatic carbocycles. The van der Waals surface area contributed by atoms with E-state index in [4.69, 9.17) is 5.11 Å². The Morgan fingerprint density at radius 3 is 1.57 bits per heavy atom. The lowest BCUT2D eigenvalue weighted by molar-refractivity contribution is -0.136. The summed E-state index contributed by atoms with van der Waals surface area (Å²) in [6, 6.07) is 14.1. The Labute approximate surface area is 120 Å². The summed E-state index contributed by atoms with van der Waals surface area (Å²) in [6.45, 7) is 0. The van der Waals surface area contributed by atoms with Gasteiger partial charge in [-0.2, -0.15) is 0 Å². The topological polar surface area (TPSA) is 74.6 Å². The number of carboxylic acid groups (broad SMARTS) is 2. The van der Waals surface area contributed by atoms with Crippen molar-refractivity contribution in [3.05, 3.63) is 59.7 Å². The highest BCUT2D eigenvalue weighted by molar-refractivity contribution is 6.18. The van der Waals surface area contributed by atoms with Gasteiger partial charge in [-0.3, -0.25) is 4.79 Å². The van der Waals surface area contributed by atoms with Crippen molar-refractivity contribution in [3.63, 3.8) is 0 Å². The van der Waals surface area contributed by atoms with Crippen molar-refractivity contribution in [1.82, 2.24) is 0 Å². The van der Waals surface area contributed by atoms with Gasteiger partial charge < -0.3 is 10.2 Å². The highest BCUT2D eigenvalue weighted by atomic mass is 16.4. The number of carboxylic acids is 2. The van der Waals surface area contributed by atoms with Gasteiger partial charge in [0, 0.05) is 0 Å². The molecule has 0 saturated carbocycles. The van der Waals surface area contributed by atoms with Gasteiger partial charge in [0.1, 0.15) is 0 Å². The molecule has 3 aromatic carbocycles. The van der Waals surface area contributed by atoms with Crippen molar-refractivity contribution < 1.29 is 19.8 Å². The maximum Gasteiger partial charge on any atom is 0.336 e. The van der Waals surface area contributed by atoms with Gasteiger partial charge in [-0.25, -0.2) is 4.79 Å². The first-order chi connectivity index (χ1) is 10.1. The zero-order chi connectivity index (χ0) is 15.0. The quantitative estimate of drug-likeness (QED) is 0.722. The van der Waals surface area contributed by atoms with Gasteiger partial charge in [0.05, 0.1) is 12.0 Å². The summed E-state index contributed by atoms with van der Waals surface area (Å²) in [5.74, 6) is -1.95. The molecule has 0 radical (unpaired) electrons. The second-order valence-corrected chi connectivity index (χ2v) is 4.82. The number of aromatic carboxylic acids is 1. The van der Waals surface area contributed by atoms with Crippen LogP contribution in [0.5, 0.6) is 0 Å². The lowest BCUT2D eigenvalue weighted by Gasteiger charge is -2.13. The van der Waals surface area contributed by atoms with Gasteiger partial charge >= 0.3 is 11.9 Å². The highest BCUT2D eigenvalue weighted by Crippen LogP contribution is 2.33. The Balaban J connectivity index is 2.57. The minimum absolute atomic E-state index is 0.138. The fraction of sp³-hybridized carbons (Fsp3) is 0.0588. The van der Waals surface area contributed by atoms with E-state index >= 15 is 0 Å². The fourth-order valence-corrected chi connectivity index (χ4v) is 2.79. The smallest absolute Gasteiger partial charge is 0.336 e. The normalized spacial score (nSPS) is 10.9. The summed E-state index contributed by atoms with van der Waals surface area (Å²) in [5, 5.41) is 21.2. The Kier molecular flexibility index (Phi) is 3.06. The van der Waals surface area contributed by atoms with Gasteiger partial charge in [-0.05, 0) is 27.1 Å². The first-order valence-corrected chi connectivity index (χ1v) is 6.47. The van der Waals surface area contributed by atoms with Gasteiger partial charge in [-0.1, -0.05) is 48.5 Å². The van der Waals surface area contributed by atoms with Gasteiger partial charge in [0.2, 0.25) is 0 Å². The van der Waals surface area contributed by atoms with Crippen LogP contribution in [0.2, 0.25) is 0 Å². The van der Waals surface area contributed by atoms with Gasteiger partial charge in [0.25, 0.3) is 0 Å². The summed E-state index contributed by atoms with van der Waals surface area (Å²) >= 11 is 0. The zero-order valence-electron chi connectivity index (χ0n) is 11.0. The van der Waals surface area contributed by atoms with Crippen molar-refractivity contribution in [2.75, 3.05) is 0 Å². The first kappa shape index (κ1) is 13.1. The van der Waals surface area contributed by atoms with Crippen LogP contribution in [0, 0.1) is 0 Å². The zero-order valence-corrected chi connectivity index (χ0v) is 11.0. The molecule has 0 aliphatic heterocycles. The predicted molar refractivity (Wildman–Crippen MR) is 79.8 cm³/mol. The molecule has 0 fully saturated rings. The Morgan fingerprint density at radius 1 is 0.762 bits per heavy atom. The van der Waals surface area contributed by atoms with Crippen LogP contribution in [-0.2, 0) is 11.2 Å². The van der Waals surface area contributed by atoms with Crippen LogP contribution in [0.15, 0.2) is 48.5 Å². The third-order valence-electron chi connectivity index (χ3n) is 3.58. The van der Waals surface area contributed by atoms with E-state index in [2.05, 4.69) is 0 Å². The van der Waals surface area contributed by atoms with E-state index in [1.165, 1.54) is 0 Å². The van der Waals surface area contributed by atoms with Crippen LogP contribution in [0.25, 0.3) is 21.5 Å². The van der Waals surface area contributed by atoms with Gasteiger partial charge in [0.15, 0.2) is 0 Å². The number of fused-ring (bicyclic) bond motifs is 2. The molecule has 21 heavy (non-hydrogen) atoms. The molecule has 0 unspecified atom stereocenters. The second kappa shape index (κ2) is 4.90. The molecule has 0 heterocycles. The molecule has 3 aromatic rings. The molecular weight excluding hydrogens is 268 g/mol. The van der Waals surface area contributed by atoms with E-state index in [-0.39, 0.29) is 12.0 Å². The van der Waals surface area contributed by atoms with E-state index in [1.54, 1.807) is 48.5 Å².